The minimum absolute atomic E-state index is 0.0117. The number of carbonyl (C=O) groups excluding carboxylic acids is 1. The summed E-state index contributed by atoms with van der Waals surface area (Å²) in [6, 6.07) is 5.64. The maximum atomic E-state index is 13.3. The number of carbonyl (C=O) groups is 1. The first-order valence-electron chi connectivity index (χ1n) is 11.0. The largest absolute Gasteiger partial charge is 0.337 e. The van der Waals surface area contributed by atoms with Crippen LogP contribution in [0.25, 0.3) is 0 Å². The van der Waals surface area contributed by atoms with E-state index >= 15 is 0 Å². The molecule has 2 rings (SSSR count). The molecule has 162 valence electrons. The Morgan fingerprint density at radius 3 is 2.07 bits per heavy atom. The van der Waals surface area contributed by atoms with Gasteiger partial charge in [-0.2, -0.15) is 0 Å². The molecular formula is C24H36Cl2N2O. The van der Waals surface area contributed by atoms with Gasteiger partial charge in [0.05, 0.1) is 10.0 Å². The molecule has 2 unspecified atom stereocenters. The molecular weight excluding hydrogens is 403 g/mol. The zero-order valence-electron chi connectivity index (χ0n) is 18.0. The molecule has 1 aromatic rings. The fourth-order valence-electron chi connectivity index (χ4n) is 4.44. The normalized spacial score (nSPS) is 21.8. The van der Waals surface area contributed by atoms with Gasteiger partial charge in [-0.1, -0.05) is 80.6 Å². The van der Waals surface area contributed by atoms with Crippen molar-refractivity contribution in [1.29, 1.82) is 0 Å². The molecule has 1 aromatic carbocycles. The van der Waals surface area contributed by atoms with Crippen molar-refractivity contribution in [2.45, 2.75) is 76.3 Å². The predicted molar refractivity (Wildman–Crippen MR) is 125 cm³/mol. The summed E-state index contributed by atoms with van der Waals surface area (Å²) in [5.74, 6) is 0.0117. The van der Waals surface area contributed by atoms with Gasteiger partial charge in [-0.25, -0.2) is 0 Å². The molecule has 2 atom stereocenters. The highest BCUT2D eigenvalue weighted by Crippen LogP contribution is 2.27. The number of hydrogen-bond donors (Lipinski definition) is 0. The van der Waals surface area contributed by atoms with Crippen molar-refractivity contribution < 1.29 is 4.79 Å². The Hall–Kier alpha value is -1.03. The Morgan fingerprint density at radius 1 is 0.966 bits per heavy atom. The highest BCUT2D eigenvalue weighted by Gasteiger charge is 2.31. The van der Waals surface area contributed by atoms with Crippen molar-refractivity contribution in [3.8, 4) is 0 Å². The van der Waals surface area contributed by atoms with Gasteiger partial charge in [-0.15, -0.1) is 6.58 Å². The molecule has 1 saturated carbocycles. The van der Waals surface area contributed by atoms with Crippen LogP contribution in [0.5, 0.6) is 0 Å². The van der Waals surface area contributed by atoms with Gasteiger partial charge in [0.2, 0.25) is 0 Å². The number of benzene rings is 1. The maximum Gasteiger partial charge on any atom is 0.253 e. The molecule has 0 heterocycles. The van der Waals surface area contributed by atoms with E-state index in [4.69, 9.17) is 23.2 Å². The molecule has 0 aliphatic heterocycles. The lowest BCUT2D eigenvalue weighted by Gasteiger charge is -2.40. The zero-order chi connectivity index (χ0) is 21.2. The van der Waals surface area contributed by atoms with Crippen LogP contribution in [-0.2, 0) is 0 Å². The lowest BCUT2D eigenvalue weighted by molar-refractivity contribution is 0.0575. The maximum absolute atomic E-state index is 13.3. The van der Waals surface area contributed by atoms with Crippen LogP contribution in [0.2, 0.25) is 10.0 Å². The molecule has 0 spiro atoms. The Kier molecular flexibility index (Phi) is 10.5. The number of nitrogens with zero attached hydrogens (tertiary/aromatic N) is 2. The number of hydrogen-bond acceptors (Lipinski definition) is 2. The van der Waals surface area contributed by atoms with Gasteiger partial charge in [-0.3, -0.25) is 9.69 Å². The van der Waals surface area contributed by atoms with E-state index in [0.29, 0.717) is 21.7 Å². The third-order valence-electron chi connectivity index (χ3n) is 6.16. The molecule has 5 heteroatoms. The average Bonchev–Trinajstić information content (AvgIpc) is 2.69. The summed E-state index contributed by atoms with van der Waals surface area (Å²) in [6.07, 6.45) is 14.3. The molecule has 0 bridgehead atoms. The minimum Gasteiger partial charge on any atom is -0.337 e. The molecule has 1 aliphatic carbocycles. The Balaban J connectivity index is 2.25. The van der Waals surface area contributed by atoms with Gasteiger partial charge in [0.15, 0.2) is 0 Å². The molecule has 1 amide bonds. The van der Waals surface area contributed by atoms with Gasteiger partial charge in [0, 0.05) is 31.2 Å². The van der Waals surface area contributed by atoms with Crippen molar-refractivity contribution in [3.63, 3.8) is 0 Å². The molecule has 0 saturated heterocycles. The van der Waals surface area contributed by atoms with Gasteiger partial charge < -0.3 is 4.90 Å². The van der Waals surface area contributed by atoms with Crippen LogP contribution in [0.15, 0.2) is 30.9 Å². The minimum atomic E-state index is 0.0117. The van der Waals surface area contributed by atoms with E-state index in [1.54, 1.807) is 18.2 Å². The standard InChI is InChI=1S/C24H36Cl2N2O/c1-4-17-27(2)22-13-11-9-7-5-6-8-10-12-14-23(22)28(3)24(29)19-15-16-20(25)21(26)18-19/h4,15-16,18,22-23H,1,5-14,17H2,2-3H3. The summed E-state index contributed by atoms with van der Waals surface area (Å²) in [5.41, 5.74) is 0.596. The topological polar surface area (TPSA) is 23.6 Å². The molecule has 0 aromatic heterocycles. The smallest absolute Gasteiger partial charge is 0.253 e. The third kappa shape index (κ3) is 7.31. The van der Waals surface area contributed by atoms with Gasteiger partial charge >= 0.3 is 0 Å². The van der Waals surface area contributed by atoms with Crippen LogP contribution in [0.1, 0.15) is 74.6 Å². The van der Waals surface area contributed by atoms with Crippen LogP contribution in [-0.4, -0.2) is 48.4 Å². The SMILES string of the molecule is C=CCN(C)C1CCCCCCCCCCC1N(C)C(=O)c1ccc(Cl)c(Cl)c1. The summed E-state index contributed by atoms with van der Waals surface area (Å²) in [6.45, 7) is 4.75. The summed E-state index contributed by atoms with van der Waals surface area (Å²) >= 11 is 12.2. The van der Waals surface area contributed by atoms with E-state index in [2.05, 4.69) is 18.5 Å². The number of likely N-dealkylation sites (N-methyl/N-ethyl adjacent to an activating group) is 2. The van der Waals surface area contributed by atoms with Crippen molar-refractivity contribution in [2.24, 2.45) is 0 Å². The second-order valence-electron chi connectivity index (χ2n) is 8.31. The Bertz CT molecular complexity index is 664. The molecule has 1 aliphatic rings. The lowest BCUT2D eigenvalue weighted by atomic mass is 9.91. The first-order valence-corrected chi connectivity index (χ1v) is 11.7. The first-order chi connectivity index (χ1) is 14.0. The number of halogens is 2. The zero-order valence-corrected chi connectivity index (χ0v) is 19.5. The van der Waals surface area contributed by atoms with E-state index in [1.807, 2.05) is 18.0 Å². The second-order valence-corrected chi connectivity index (χ2v) is 9.13. The quantitative estimate of drug-likeness (QED) is 0.469. The van der Waals surface area contributed by atoms with E-state index < -0.39 is 0 Å². The third-order valence-corrected chi connectivity index (χ3v) is 6.90. The fraction of sp³-hybridized carbons (Fsp3) is 0.625. The van der Waals surface area contributed by atoms with E-state index in [9.17, 15) is 4.79 Å². The Morgan fingerprint density at radius 2 is 1.52 bits per heavy atom. The molecule has 29 heavy (non-hydrogen) atoms. The van der Waals surface area contributed by atoms with Crippen molar-refractivity contribution in [3.05, 3.63) is 46.5 Å². The van der Waals surface area contributed by atoms with Crippen LogP contribution in [0.3, 0.4) is 0 Å². The van der Waals surface area contributed by atoms with E-state index in [-0.39, 0.29) is 11.9 Å². The first kappa shape index (κ1) is 24.2. The van der Waals surface area contributed by atoms with E-state index in [1.165, 1.54) is 44.9 Å². The van der Waals surface area contributed by atoms with Crippen molar-refractivity contribution in [1.82, 2.24) is 9.80 Å². The van der Waals surface area contributed by atoms with Crippen LogP contribution in [0, 0.1) is 0 Å². The van der Waals surface area contributed by atoms with Crippen molar-refractivity contribution in [2.75, 3.05) is 20.6 Å². The highest BCUT2D eigenvalue weighted by atomic mass is 35.5. The summed E-state index contributed by atoms with van der Waals surface area (Å²) < 4.78 is 0. The van der Waals surface area contributed by atoms with Gasteiger partial charge in [-0.05, 0) is 38.1 Å². The van der Waals surface area contributed by atoms with Crippen LogP contribution >= 0.6 is 23.2 Å². The monoisotopic (exact) mass is 438 g/mol. The number of rotatable bonds is 5. The summed E-state index contributed by atoms with van der Waals surface area (Å²) in [7, 11) is 4.10. The average molecular weight is 439 g/mol. The molecule has 0 N–H and O–H groups in total. The van der Waals surface area contributed by atoms with Gasteiger partial charge in [0.25, 0.3) is 5.91 Å². The van der Waals surface area contributed by atoms with Crippen LogP contribution in [0.4, 0.5) is 0 Å². The van der Waals surface area contributed by atoms with Crippen LogP contribution < -0.4 is 0 Å². The Labute approximate surface area is 187 Å². The number of amides is 1. The molecule has 3 nitrogen and oxygen atoms in total. The summed E-state index contributed by atoms with van der Waals surface area (Å²) in [5, 5.41) is 0.894. The fourth-order valence-corrected chi connectivity index (χ4v) is 4.74. The highest BCUT2D eigenvalue weighted by molar-refractivity contribution is 6.42. The predicted octanol–water partition coefficient (Wildman–Crippen LogP) is 6.84. The molecule has 0 radical (unpaired) electrons. The lowest BCUT2D eigenvalue weighted by Crippen LogP contribution is -2.51. The summed E-state index contributed by atoms with van der Waals surface area (Å²) in [4.78, 5) is 17.6. The second kappa shape index (κ2) is 12.6. The van der Waals surface area contributed by atoms with Crippen molar-refractivity contribution >= 4 is 29.1 Å². The van der Waals surface area contributed by atoms with Gasteiger partial charge in [0.1, 0.15) is 0 Å². The van der Waals surface area contributed by atoms with E-state index in [0.717, 1.165) is 25.8 Å². The molecule has 1 fully saturated rings.